The molecule has 0 radical (unpaired) electrons. The molecule has 1 unspecified atom stereocenters. The van der Waals surface area contributed by atoms with E-state index in [2.05, 4.69) is 4.98 Å². The zero-order valence-corrected chi connectivity index (χ0v) is 11.3. The Balaban J connectivity index is 1.89. The topological polar surface area (TPSA) is 51.4 Å². The van der Waals surface area contributed by atoms with Crippen LogP contribution in [0, 0.1) is 5.92 Å². The first-order valence-corrected chi connectivity index (χ1v) is 8.05. The van der Waals surface area contributed by atoms with Crippen LogP contribution in [0.15, 0.2) is 24.5 Å². The highest BCUT2D eigenvalue weighted by Crippen LogP contribution is 2.23. The molecule has 3 heterocycles. The number of nitrogens with zero attached hydrogens (tertiary/aromatic N) is 2. The second-order valence-corrected chi connectivity index (χ2v) is 7.45. The minimum atomic E-state index is -2.82. The molecule has 0 aliphatic carbocycles. The van der Waals surface area contributed by atoms with E-state index in [-0.39, 0.29) is 11.7 Å². The van der Waals surface area contributed by atoms with Crippen molar-refractivity contribution in [1.82, 2.24) is 9.38 Å². The first kappa shape index (κ1) is 12.0. The van der Waals surface area contributed by atoms with E-state index in [1.54, 1.807) is 6.20 Å². The lowest BCUT2D eigenvalue weighted by atomic mass is 10.1. The summed E-state index contributed by atoms with van der Waals surface area (Å²) in [6.45, 7) is 0. The standard InChI is InChI=1S/C12H13ClN2O2S/c13-10-1-2-11-6-14-12(15(11)7-10)5-9-3-4-18(16,17)8-9/h1-2,6-7,9H,3-5,8H2. The smallest absolute Gasteiger partial charge is 0.150 e. The predicted octanol–water partition coefficient (Wildman–Crippen LogP) is 1.96. The first-order chi connectivity index (χ1) is 8.53. The Hall–Kier alpha value is -1.07. The lowest BCUT2D eigenvalue weighted by Gasteiger charge is -2.06. The van der Waals surface area contributed by atoms with Crippen molar-refractivity contribution in [1.29, 1.82) is 0 Å². The summed E-state index contributed by atoms with van der Waals surface area (Å²) in [4.78, 5) is 4.36. The van der Waals surface area contributed by atoms with E-state index in [0.29, 0.717) is 17.2 Å². The molecule has 0 aromatic carbocycles. The van der Waals surface area contributed by atoms with Gasteiger partial charge in [-0.05, 0) is 24.5 Å². The zero-order chi connectivity index (χ0) is 12.8. The largest absolute Gasteiger partial charge is 0.302 e. The van der Waals surface area contributed by atoms with Crippen LogP contribution in [0.4, 0.5) is 0 Å². The highest BCUT2D eigenvalue weighted by atomic mass is 35.5. The van der Waals surface area contributed by atoms with Gasteiger partial charge in [-0.3, -0.25) is 0 Å². The van der Waals surface area contributed by atoms with E-state index in [1.807, 2.05) is 22.7 Å². The van der Waals surface area contributed by atoms with Crippen molar-refractivity contribution in [3.8, 4) is 0 Å². The third-order valence-electron chi connectivity index (χ3n) is 3.37. The lowest BCUT2D eigenvalue weighted by molar-refractivity contribution is 0.568. The summed E-state index contributed by atoms with van der Waals surface area (Å²) in [5.74, 6) is 1.65. The number of fused-ring (bicyclic) bond motifs is 1. The summed E-state index contributed by atoms with van der Waals surface area (Å²) in [7, 11) is -2.82. The minimum Gasteiger partial charge on any atom is -0.302 e. The van der Waals surface area contributed by atoms with Crippen LogP contribution in [-0.2, 0) is 16.3 Å². The van der Waals surface area contributed by atoms with Crippen molar-refractivity contribution in [2.75, 3.05) is 11.5 Å². The number of halogens is 1. The van der Waals surface area contributed by atoms with Gasteiger partial charge in [-0.1, -0.05) is 11.6 Å². The van der Waals surface area contributed by atoms with E-state index in [9.17, 15) is 8.42 Å². The average Bonchev–Trinajstić information content (AvgIpc) is 2.84. The van der Waals surface area contributed by atoms with Gasteiger partial charge in [0.15, 0.2) is 9.84 Å². The molecular weight excluding hydrogens is 272 g/mol. The van der Waals surface area contributed by atoms with Gasteiger partial charge < -0.3 is 4.40 Å². The number of imidazole rings is 1. The van der Waals surface area contributed by atoms with Gasteiger partial charge in [0.2, 0.25) is 0 Å². The van der Waals surface area contributed by atoms with Crippen LogP contribution in [0.3, 0.4) is 0 Å². The van der Waals surface area contributed by atoms with Crippen LogP contribution in [0.1, 0.15) is 12.2 Å². The fourth-order valence-electron chi connectivity index (χ4n) is 2.46. The van der Waals surface area contributed by atoms with E-state index >= 15 is 0 Å². The van der Waals surface area contributed by atoms with Crippen LogP contribution < -0.4 is 0 Å². The van der Waals surface area contributed by atoms with Crippen LogP contribution in [0.5, 0.6) is 0 Å². The van der Waals surface area contributed by atoms with Gasteiger partial charge in [-0.25, -0.2) is 13.4 Å². The molecule has 3 rings (SSSR count). The Kier molecular flexibility index (Phi) is 2.83. The van der Waals surface area contributed by atoms with E-state index in [1.165, 1.54) is 0 Å². The monoisotopic (exact) mass is 284 g/mol. The van der Waals surface area contributed by atoms with E-state index in [4.69, 9.17) is 11.6 Å². The Morgan fingerprint density at radius 3 is 3.00 bits per heavy atom. The molecule has 0 N–H and O–H groups in total. The summed E-state index contributed by atoms with van der Waals surface area (Å²) in [5.41, 5.74) is 0.982. The van der Waals surface area contributed by atoms with Gasteiger partial charge in [0, 0.05) is 12.6 Å². The number of hydrogen-bond acceptors (Lipinski definition) is 3. The molecule has 0 spiro atoms. The van der Waals surface area contributed by atoms with Crippen molar-refractivity contribution < 1.29 is 8.42 Å². The highest BCUT2D eigenvalue weighted by Gasteiger charge is 2.28. The predicted molar refractivity (Wildman–Crippen MR) is 70.7 cm³/mol. The molecule has 1 fully saturated rings. The fraction of sp³-hybridized carbons (Fsp3) is 0.417. The van der Waals surface area contributed by atoms with Gasteiger partial charge in [0.05, 0.1) is 28.2 Å². The van der Waals surface area contributed by atoms with Crippen molar-refractivity contribution in [3.63, 3.8) is 0 Å². The molecule has 0 bridgehead atoms. The van der Waals surface area contributed by atoms with E-state index < -0.39 is 9.84 Å². The molecule has 96 valence electrons. The number of aromatic nitrogens is 2. The van der Waals surface area contributed by atoms with E-state index in [0.717, 1.165) is 17.8 Å². The Labute approximate surface area is 111 Å². The number of rotatable bonds is 2. The van der Waals surface area contributed by atoms with Gasteiger partial charge in [0.25, 0.3) is 0 Å². The maximum atomic E-state index is 11.4. The first-order valence-electron chi connectivity index (χ1n) is 5.85. The highest BCUT2D eigenvalue weighted by molar-refractivity contribution is 7.91. The van der Waals surface area contributed by atoms with Crippen molar-refractivity contribution in [2.45, 2.75) is 12.8 Å². The number of hydrogen-bond donors (Lipinski definition) is 0. The molecule has 6 heteroatoms. The second kappa shape index (κ2) is 4.24. The Morgan fingerprint density at radius 1 is 1.44 bits per heavy atom. The molecule has 0 saturated carbocycles. The Morgan fingerprint density at radius 2 is 2.28 bits per heavy atom. The maximum absolute atomic E-state index is 11.4. The van der Waals surface area contributed by atoms with Crippen LogP contribution >= 0.6 is 11.6 Å². The molecular formula is C12H13ClN2O2S. The average molecular weight is 285 g/mol. The molecule has 1 aliphatic rings. The minimum absolute atomic E-state index is 0.180. The van der Waals surface area contributed by atoms with Crippen LogP contribution in [0.2, 0.25) is 5.02 Å². The zero-order valence-electron chi connectivity index (χ0n) is 9.71. The third kappa shape index (κ3) is 2.24. The molecule has 2 aromatic rings. The van der Waals surface area contributed by atoms with Gasteiger partial charge in [-0.2, -0.15) is 0 Å². The van der Waals surface area contributed by atoms with Crippen molar-refractivity contribution >= 4 is 27.0 Å². The Bertz CT molecular complexity index is 693. The summed E-state index contributed by atoms with van der Waals surface area (Å²) < 4.78 is 24.8. The molecule has 1 aliphatic heterocycles. The summed E-state index contributed by atoms with van der Waals surface area (Å²) in [5, 5.41) is 0.654. The van der Waals surface area contributed by atoms with Crippen LogP contribution in [0.25, 0.3) is 5.52 Å². The molecule has 1 saturated heterocycles. The second-order valence-electron chi connectivity index (χ2n) is 4.79. The molecule has 18 heavy (non-hydrogen) atoms. The third-order valence-corrected chi connectivity index (χ3v) is 5.43. The van der Waals surface area contributed by atoms with Gasteiger partial charge >= 0.3 is 0 Å². The molecule has 1 atom stereocenters. The molecule has 0 amide bonds. The van der Waals surface area contributed by atoms with Gasteiger partial charge in [0.1, 0.15) is 5.82 Å². The normalized spacial score (nSPS) is 22.6. The van der Waals surface area contributed by atoms with Crippen LogP contribution in [-0.4, -0.2) is 29.3 Å². The summed E-state index contributed by atoms with van der Waals surface area (Å²) in [6, 6.07) is 3.73. The lowest BCUT2D eigenvalue weighted by Crippen LogP contribution is -2.09. The van der Waals surface area contributed by atoms with Crippen molar-refractivity contribution in [3.05, 3.63) is 35.4 Å². The molecule has 4 nitrogen and oxygen atoms in total. The van der Waals surface area contributed by atoms with Gasteiger partial charge in [-0.15, -0.1) is 0 Å². The van der Waals surface area contributed by atoms with Crippen molar-refractivity contribution in [2.24, 2.45) is 5.92 Å². The summed E-state index contributed by atoms with van der Waals surface area (Å²) >= 11 is 5.97. The molecule has 2 aromatic heterocycles. The maximum Gasteiger partial charge on any atom is 0.150 e. The summed E-state index contributed by atoms with van der Waals surface area (Å²) in [6.07, 6.45) is 5.03. The SMILES string of the molecule is O=S1(=O)CCC(Cc2ncc3ccc(Cl)cn23)C1. The quantitative estimate of drug-likeness (QED) is 0.847. The fourth-order valence-corrected chi connectivity index (χ4v) is 4.48. The number of sulfone groups is 1. The number of pyridine rings is 1.